The SMILES string of the molecule is COC(=O)CCn1cc([C@@H]2O[C@@H]3CO[Si](C(C)(C)C)(C(C)(C)C)O[C@@H]3C2O[Si](C)(C)C(C)(C)C)c(=O)[nH]c1=O. The number of nitrogens with zero attached hydrogens (tertiary/aromatic N) is 1. The van der Waals surface area contributed by atoms with Crippen LogP contribution in [0.4, 0.5) is 0 Å². The molecule has 2 fully saturated rings. The molecule has 10 nitrogen and oxygen atoms in total. The van der Waals surface area contributed by atoms with Gasteiger partial charge in [-0.25, -0.2) is 4.79 Å². The summed E-state index contributed by atoms with van der Waals surface area (Å²) < 4.78 is 33.3. The van der Waals surface area contributed by atoms with Crippen molar-refractivity contribution in [1.29, 1.82) is 0 Å². The van der Waals surface area contributed by atoms with Gasteiger partial charge in [0.15, 0.2) is 8.32 Å². The van der Waals surface area contributed by atoms with E-state index in [2.05, 4.69) is 80.4 Å². The minimum Gasteiger partial charge on any atom is -0.469 e. The van der Waals surface area contributed by atoms with Crippen LogP contribution in [0.15, 0.2) is 15.8 Å². The molecule has 1 N–H and O–H groups in total. The number of H-pyrrole nitrogens is 1. The van der Waals surface area contributed by atoms with Gasteiger partial charge in [-0.3, -0.25) is 19.1 Å². The van der Waals surface area contributed by atoms with Gasteiger partial charge < -0.3 is 22.8 Å². The number of rotatable bonds is 6. The second kappa shape index (κ2) is 10.7. The van der Waals surface area contributed by atoms with Crippen LogP contribution in [-0.2, 0) is 34.1 Å². The third-order valence-electron chi connectivity index (χ3n) is 8.40. The molecule has 0 bridgehead atoms. The third-order valence-corrected chi connectivity index (χ3v) is 18.0. The number of nitrogens with one attached hydrogen (secondary N) is 1. The predicted octanol–water partition coefficient (Wildman–Crippen LogP) is 4.39. The number of fused-ring (bicyclic) bond motifs is 1. The molecule has 2 aliphatic rings. The highest BCUT2D eigenvalue weighted by Gasteiger charge is 2.65. The normalized spacial score (nSPS) is 25.8. The van der Waals surface area contributed by atoms with Crippen LogP contribution in [0, 0.1) is 0 Å². The number of aromatic nitrogens is 2. The van der Waals surface area contributed by atoms with Gasteiger partial charge >= 0.3 is 20.2 Å². The number of aryl methyl sites for hydroxylation is 1. The molecular formula is C27H48N2O8Si2. The van der Waals surface area contributed by atoms with Crippen LogP contribution >= 0.6 is 0 Å². The van der Waals surface area contributed by atoms with Crippen molar-refractivity contribution in [3.8, 4) is 0 Å². The Labute approximate surface area is 234 Å². The summed E-state index contributed by atoms with van der Waals surface area (Å²) in [4.78, 5) is 39.9. The maximum Gasteiger partial charge on any atom is 0.349 e. The van der Waals surface area contributed by atoms with Gasteiger partial charge in [-0.15, -0.1) is 0 Å². The summed E-state index contributed by atoms with van der Waals surface area (Å²) in [5.41, 5.74) is -0.880. The smallest absolute Gasteiger partial charge is 0.349 e. The van der Waals surface area contributed by atoms with Crippen molar-refractivity contribution in [3.05, 3.63) is 32.6 Å². The molecule has 4 atom stereocenters. The topological polar surface area (TPSA) is 118 Å². The quantitative estimate of drug-likeness (QED) is 0.386. The minimum absolute atomic E-state index is 0.00913. The van der Waals surface area contributed by atoms with E-state index in [1.807, 2.05) is 0 Å². The molecule has 2 saturated heterocycles. The standard InChI is InChI=1S/C27H48N2O8Si2/c1-25(2,3)38(11,12)36-22-20(17-15-29(14-13-19(30)33-10)24(32)28-23(17)31)35-18-16-34-39(26(4,5)6,27(7,8)9)37-21(18)22/h15,18,20-22H,13-14,16H2,1-12H3,(H,28,31,32)/t18-,20+,21+,22?/m1/s1. The summed E-state index contributed by atoms with van der Waals surface area (Å²) >= 11 is 0. The molecular weight excluding hydrogens is 536 g/mol. The Kier molecular flexibility index (Phi) is 8.75. The van der Waals surface area contributed by atoms with E-state index in [0.29, 0.717) is 6.61 Å². The molecule has 0 saturated carbocycles. The fraction of sp³-hybridized carbons (Fsp3) is 0.815. The first-order valence-corrected chi connectivity index (χ1v) is 18.4. The van der Waals surface area contributed by atoms with E-state index >= 15 is 0 Å². The highest BCUT2D eigenvalue weighted by Crippen LogP contribution is 2.56. The largest absolute Gasteiger partial charge is 0.469 e. The van der Waals surface area contributed by atoms with E-state index in [1.54, 1.807) is 0 Å². The molecule has 2 aliphatic heterocycles. The molecule has 39 heavy (non-hydrogen) atoms. The van der Waals surface area contributed by atoms with Crippen molar-refractivity contribution in [2.24, 2.45) is 0 Å². The number of carbonyl (C=O) groups is 1. The number of aromatic amines is 1. The van der Waals surface area contributed by atoms with E-state index in [-0.39, 0.29) is 33.6 Å². The Bertz CT molecular complexity index is 1160. The number of ether oxygens (including phenoxy) is 2. The van der Waals surface area contributed by atoms with Gasteiger partial charge in [-0.05, 0) is 18.1 Å². The van der Waals surface area contributed by atoms with Crippen molar-refractivity contribution < 1.29 is 27.5 Å². The van der Waals surface area contributed by atoms with Crippen LogP contribution in [0.3, 0.4) is 0 Å². The molecule has 0 amide bonds. The van der Waals surface area contributed by atoms with Gasteiger partial charge in [0.05, 0.1) is 25.7 Å². The van der Waals surface area contributed by atoms with Crippen LogP contribution in [-0.4, -0.2) is 64.4 Å². The first kappa shape index (κ1) is 31.9. The number of methoxy groups -OCH3 is 1. The zero-order valence-electron chi connectivity index (χ0n) is 25.7. The molecule has 0 radical (unpaired) electrons. The number of esters is 1. The van der Waals surface area contributed by atoms with Gasteiger partial charge in [0.25, 0.3) is 5.56 Å². The molecule has 12 heteroatoms. The summed E-state index contributed by atoms with van der Waals surface area (Å²) in [6.07, 6.45) is -0.777. The fourth-order valence-electron chi connectivity index (χ4n) is 5.45. The Morgan fingerprint density at radius 1 is 1.10 bits per heavy atom. The van der Waals surface area contributed by atoms with Crippen LogP contribution in [0.2, 0.25) is 28.2 Å². The number of carbonyl (C=O) groups excluding carboxylic acids is 1. The molecule has 1 aromatic heterocycles. The van der Waals surface area contributed by atoms with Crippen molar-refractivity contribution in [1.82, 2.24) is 9.55 Å². The van der Waals surface area contributed by atoms with E-state index < -0.39 is 58.5 Å². The molecule has 0 aliphatic carbocycles. The van der Waals surface area contributed by atoms with Gasteiger partial charge in [0, 0.05) is 22.8 Å². The monoisotopic (exact) mass is 584 g/mol. The van der Waals surface area contributed by atoms with Crippen LogP contribution in [0.25, 0.3) is 0 Å². The minimum atomic E-state index is -2.87. The van der Waals surface area contributed by atoms with Gasteiger partial charge in [-0.1, -0.05) is 62.3 Å². The average molecular weight is 585 g/mol. The molecule has 1 aromatic rings. The van der Waals surface area contributed by atoms with E-state index in [4.69, 9.17) is 22.8 Å². The third kappa shape index (κ3) is 6.06. The second-order valence-corrected chi connectivity index (χ2v) is 23.8. The van der Waals surface area contributed by atoms with Crippen molar-refractivity contribution in [3.63, 3.8) is 0 Å². The van der Waals surface area contributed by atoms with Crippen LogP contribution in [0.1, 0.15) is 80.4 Å². The number of hydrogen-bond acceptors (Lipinski definition) is 8. The summed E-state index contributed by atoms with van der Waals surface area (Å²) in [7, 11) is -3.94. The van der Waals surface area contributed by atoms with Gasteiger partial charge in [0.1, 0.15) is 24.4 Å². The zero-order valence-corrected chi connectivity index (χ0v) is 27.7. The van der Waals surface area contributed by atoms with Crippen molar-refractivity contribution in [2.45, 2.75) is 128 Å². The Balaban J connectivity index is 2.12. The fourth-order valence-corrected chi connectivity index (χ4v) is 11.7. The lowest BCUT2D eigenvalue weighted by Gasteiger charge is -2.54. The number of hydrogen-bond donors (Lipinski definition) is 1. The van der Waals surface area contributed by atoms with E-state index in [9.17, 15) is 14.4 Å². The lowest BCUT2D eigenvalue weighted by molar-refractivity contribution is -0.140. The maximum atomic E-state index is 13.2. The lowest BCUT2D eigenvalue weighted by Crippen LogP contribution is -2.66. The van der Waals surface area contributed by atoms with E-state index in [0.717, 1.165) is 0 Å². The molecule has 3 rings (SSSR count). The molecule has 0 spiro atoms. The zero-order chi connectivity index (χ0) is 29.8. The average Bonchev–Trinajstić information content (AvgIpc) is 3.12. The first-order chi connectivity index (χ1) is 17.6. The Morgan fingerprint density at radius 3 is 2.21 bits per heavy atom. The molecule has 222 valence electrons. The summed E-state index contributed by atoms with van der Waals surface area (Å²) in [5.74, 6) is -0.451. The predicted molar refractivity (Wildman–Crippen MR) is 154 cm³/mol. The molecule has 3 heterocycles. The van der Waals surface area contributed by atoms with E-state index in [1.165, 1.54) is 17.9 Å². The Hall–Kier alpha value is -1.58. The highest BCUT2D eigenvalue weighted by molar-refractivity contribution is 6.74. The highest BCUT2D eigenvalue weighted by atomic mass is 28.4. The first-order valence-electron chi connectivity index (χ1n) is 13.7. The van der Waals surface area contributed by atoms with Crippen LogP contribution < -0.4 is 11.2 Å². The summed E-state index contributed by atoms with van der Waals surface area (Å²) in [6.45, 7) is 24.1. The second-order valence-electron chi connectivity index (χ2n) is 14.3. The summed E-state index contributed by atoms with van der Waals surface area (Å²) in [6, 6.07) is 0. The van der Waals surface area contributed by atoms with Crippen molar-refractivity contribution in [2.75, 3.05) is 13.7 Å². The summed E-state index contributed by atoms with van der Waals surface area (Å²) in [5, 5.41) is -0.585. The Morgan fingerprint density at radius 2 is 1.69 bits per heavy atom. The lowest BCUT2D eigenvalue weighted by atomic mass is 10.0. The maximum absolute atomic E-state index is 13.2. The van der Waals surface area contributed by atoms with Gasteiger partial charge in [0.2, 0.25) is 0 Å². The van der Waals surface area contributed by atoms with Gasteiger partial charge in [-0.2, -0.15) is 0 Å². The van der Waals surface area contributed by atoms with Crippen LogP contribution in [0.5, 0.6) is 0 Å². The van der Waals surface area contributed by atoms with Crippen molar-refractivity contribution >= 4 is 22.8 Å². The molecule has 0 aromatic carbocycles. The molecule has 1 unspecified atom stereocenters.